The van der Waals surface area contributed by atoms with E-state index >= 15 is 0 Å². The van der Waals surface area contributed by atoms with Crippen molar-refractivity contribution >= 4 is 187 Å². The zero-order chi connectivity index (χ0) is 41.0. The largest absolute Gasteiger partial charge is 0.455 e. The summed E-state index contributed by atoms with van der Waals surface area (Å²) in [7, 11) is 22.0. The van der Waals surface area contributed by atoms with Crippen LogP contribution in [0.3, 0.4) is 0 Å². The quantitative estimate of drug-likeness (QED) is 0.134. The molecule has 0 aliphatic rings. The highest BCUT2D eigenvalue weighted by molar-refractivity contribution is 6.70. The van der Waals surface area contributed by atoms with Crippen LogP contribution in [0.1, 0.15) is 0 Å². The van der Waals surface area contributed by atoms with Crippen LogP contribution in [-0.2, 0) is 0 Å². The number of hydrogen-bond donors (Lipinski definition) is 0. The van der Waals surface area contributed by atoms with Gasteiger partial charge in [0.15, 0.2) is 17.5 Å². The number of para-hydroxylation sites is 1. The SMILES string of the molecule is Bc1c(B)c(B)c(-c2nc(-c3c(B)c(B)c(B)c(B)c3B)nc(-c3cccc4c3oc3cc(-c5ccc6c7ccccc7c7ccccc7c6c5)ccc34)n2)c(B)c1B. The van der Waals surface area contributed by atoms with Crippen LogP contribution in [-0.4, -0.2) is 93.4 Å². The Morgan fingerprint density at radius 1 is 0.322 bits per heavy atom. The van der Waals surface area contributed by atoms with Gasteiger partial charge in [-0.05, 0) is 67.7 Å². The Bertz CT molecular complexity index is 3300. The third-order valence-corrected chi connectivity index (χ3v) is 13.9. The van der Waals surface area contributed by atoms with E-state index in [4.69, 9.17) is 19.4 Å². The standard InChI is InChI=1S/C45H37B10N3O/c46-32-30(33(47)37(51)40(54)36(32)50)44-56-43(57-45(58-44)31-34(48)38(52)41(55)39(53)35(31)49)27-11-5-10-26-25-15-13-19(17-29(25)59-42(26)27)18-12-14-24-22-8-2-1-6-20(22)21-7-3-4-9-23(21)28(24)16-18/h1-17H,46-55H2. The predicted octanol–water partition coefficient (Wildman–Crippen LogP) is -5.52. The fourth-order valence-electron chi connectivity index (χ4n) is 9.63. The average Bonchev–Trinajstić information content (AvgIpc) is 3.64. The smallest absolute Gasteiger partial charge is 0.167 e. The van der Waals surface area contributed by atoms with Gasteiger partial charge in [0.05, 0.1) is 5.56 Å². The van der Waals surface area contributed by atoms with Gasteiger partial charge in [-0.2, -0.15) is 0 Å². The van der Waals surface area contributed by atoms with Gasteiger partial charge in [0.2, 0.25) is 0 Å². The second kappa shape index (κ2) is 13.8. The molecule has 0 aliphatic heterocycles. The second-order valence-electron chi connectivity index (χ2n) is 16.7. The minimum Gasteiger partial charge on any atom is -0.455 e. The molecule has 14 heteroatoms. The van der Waals surface area contributed by atoms with Crippen molar-refractivity contribution in [1.82, 2.24) is 15.0 Å². The van der Waals surface area contributed by atoms with E-state index in [0.29, 0.717) is 17.5 Å². The molecule has 0 amide bonds. The summed E-state index contributed by atoms with van der Waals surface area (Å²) in [5, 5.41) is 9.69. The number of nitrogens with zero attached hydrogens (tertiary/aromatic N) is 3. The molecule has 268 valence electrons. The van der Waals surface area contributed by atoms with Crippen molar-refractivity contribution in [2.45, 2.75) is 0 Å². The van der Waals surface area contributed by atoms with E-state index in [9.17, 15) is 0 Å². The van der Waals surface area contributed by atoms with Gasteiger partial charge in [0.1, 0.15) is 89.6 Å². The minimum absolute atomic E-state index is 0.605. The van der Waals surface area contributed by atoms with Crippen LogP contribution in [0.15, 0.2) is 108 Å². The third kappa shape index (κ3) is 5.63. The first kappa shape index (κ1) is 37.3. The van der Waals surface area contributed by atoms with E-state index in [-0.39, 0.29) is 0 Å². The molecule has 0 fully saturated rings. The highest BCUT2D eigenvalue weighted by atomic mass is 16.3. The van der Waals surface area contributed by atoms with Gasteiger partial charge in [0, 0.05) is 21.9 Å². The van der Waals surface area contributed by atoms with Crippen LogP contribution in [0.25, 0.3) is 99.5 Å². The Hall–Kier alpha value is -6.00. The van der Waals surface area contributed by atoms with Gasteiger partial charge < -0.3 is 4.42 Å². The normalized spacial score (nSPS) is 11.7. The number of fused-ring (bicyclic) bond motifs is 9. The Kier molecular flexibility index (Phi) is 8.72. The first-order valence-corrected chi connectivity index (χ1v) is 20.6. The van der Waals surface area contributed by atoms with Crippen LogP contribution in [0.4, 0.5) is 0 Å². The number of aromatic nitrogens is 3. The Labute approximate surface area is 353 Å². The van der Waals surface area contributed by atoms with E-state index in [1.807, 2.05) is 0 Å². The van der Waals surface area contributed by atoms with Crippen LogP contribution in [0, 0.1) is 0 Å². The van der Waals surface area contributed by atoms with Gasteiger partial charge in [0.25, 0.3) is 0 Å². The monoisotopic (exact) mass is 745 g/mol. The van der Waals surface area contributed by atoms with E-state index in [1.54, 1.807) is 0 Å². The van der Waals surface area contributed by atoms with Gasteiger partial charge in [-0.25, -0.2) is 15.0 Å². The topological polar surface area (TPSA) is 51.8 Å². The molecule has 2 aromatic heterocycles. The minimum atomic E-state index is 0.605. The number of hydrogen-bond acceptors (Lipinski definition) is 4. The molecule has 8 aromatic carbocycles. The summed E-state index contributed by atoms with van der Waals surface area (Å²) < 4.78 is 6.91. The summed E-state index contributed by atoms with van der Waals surface area (Å²) in [6.07, 6.45) is 0. The zero-order valence-electron chi connectivity index (χ0n) is 35.6. The first-order chi connectivity index (χ1) is 28.4. The van der Waals surface area contributed by atoms with Crippen LogP contribution >= 0.6 is 0 Å². The van der Waals surface area contributed by atoms with Crippen molar-refractivity contribution in [1.29, 1.82) is 0 Å². The summed E-state index contributed by atoms with van der Waals surface area (Å²) >= 11 is 0. The summed E-state index contributed by atoms with van der Waals surface area (Å²) in [4.78, 5) is 16.0. The summed E-state index contributed by atoms with van der Waals surface area (Å²) in [5.74, 6) is 1.98. The van der Waals surface area contributed by atoms with E-state index < -0.39 is 0 Å². The third-order valence-electron chi connectivity index (χ3n) is 13.9. The summed E-state index contributed by atoms with van der Waals surface area (Å²) in [6.45, 7) is 0. The number of furan rings is 1. The van der Waals surface area contributed by atoms with Crippen LogP contribution in [0.2, 0.25) is 0 Å². The predicted molar refractivity (Wildman–Crippen MR) is 283 cm³/mol. The lowest BCUT2D eigenvalue weighted by Gasteiger charge is -2.22. The molecule has 10 rings (SSSR count). The molecule has 0 spiro atoms. The molecule has 4 nitrogen and oxygen atoms in total. The van der Waals surface area contributed by atoms with Crippen molar-refractivity contribution in [3.63, 3.8) is 0 Å². The highest BCUT2D eigenvalue weighted by Gasteiger charge is 2.23. The van der Waals surface area contributed by atoms with Crippen LogP contribution in [0.5, 0.6) is 0 Å². The molecule has 0 saturated carbocycles. The molecule has 0 unspecified atom stereocenters. The molecule has 0 aliphatic carbocycles. The lowest BCUT2D eigenvalue weighted by Crippen LogP contribution is -2.55. The van der Waals surface area contributed by atoms with E-state index in [0.717, 1.165) is 49.8 Å². The summed E-state index contributed by atoms with van der Waals surface area (Å²) in [5.41, 5.74) is 19.3. The molecule has 10 aromatic rings. The first-order valence-electron chi connectivity index (χ1n) is 20.6. The molecule has 2 heterocycles. The van der Waals surface area contributed by atoms with Crippen molar-refractivity contribution < 1.29 is 4.42 Å². The molecule has 0 radical (unpaired) electrons. The molecular formula is C45H37B10N3O. The fraction of sp³-hybridized carbons (Fsp3) is 0. The lowest BCUT2D eigenvalue weighted by molar-refractivity contribution is 0.669. The van der Waals surface area contributed by atoms with Gasteiger partial charge in [-0.1, -0.05) is 101 Å². The number of benzene rings is 8. The average molecular weight is 744 g/mol. The number of rotatable bonds is 4. The zero-order valence-corrected chi connectivity index (χ0v) is 35.6. The Morgan fingerprint density at radius 2 is 0.712 bits per heavy atom. The fourth-order valence-corrected chi connectivity index (χ4v) is 9.63. The van der Waals surface area contributed by atoms with Gasteiger partial charge in [-0.15, -0.1) is 32.8 Å². The molecule has 59 heavy (non-hydrogen) atoms. The molecule has 0 atom stereocenters. The maximum atomic E-state index is 6.91. The van der Waals surface area contributed by atoms with Gasteiger partial charge in [-0.3, -0.25) is 0 Å². The second-order valence-corrected chi connectivity index (χ2v) is 16.7. The Balaban J connectivity index is 1.18. The van der Waals surface area contributed by atoms with Gasteiger partial charge >= 0.3 is 0 Å². The molecule has 0 bridgehead atoms. The Morgan fingerprint density at radius 3 is 1.22 bits per heavy atom. The van der Waals surface area contributed by atoms with E-state index in [1.165, 1.54) is 86.9 Å². The highest BCUT2D eigenvalue weighted by Crippen LogP contribution is 2.40. The van der Waals surface area contributed by atoms with Crippen LogP contribution < -0.4 is 54.6 Å². The molecule has 0 N–H and O–H groups in total. The van der Waals surface area contributed by atoms with Crippen molar-refractivity contribution in [2.75, 3.05) is 0 Å². The summed E-state index contributed by atoms with van der Waals surface area (Å²) in [6, 6.07) is 37.2. The van der Waals surface area contributed by atoms with Crippen molar-refractivity contribution in [2.24, 2.45) is 0 Å². The van der Waals surface area contributed by atoms with Crippen molar-refractivity contribution in [3.05, 3.63) is 103 Å². The maximum Gasteiger partial charge on any atom is 0.167 e. The molecule has 0 saturated heterocycles. The maximum absolute atomic E-state index is 6.91. The van der Waals surface area contributed by atoms with E-state index in [2.05, 4.69) is 182 Å². The molecular weight excluding hydrogens is 707 g/mol. The lowest BCUT2D eigenvalue weighted by atomic mass is 9.60. The van der Waals surface area contributed by atoms with Crippen molar-refractivity contribution in [3.8, 4) is 45.3 Å².